The summed E-state index contributed by atoms with van der Waals surface area (Å²) in [4.78, 5) is 25.5. The molecule has 1 saturated heterocycles. The average Bonchev–Trinajstić information content (AvgIpc) is 2.68. The fourth-order valence-corrected chi connectivity index (χ4v) is 3.06. The molecule has 0 radical (unpaired) electrons. The predicted octanol–water partition coefficient (Wildman–Crippen LogP) is 0.424. The number of nitrogens with zero attached hydrogens (tertiary/aromatic N) is 1. The van der Waals surface area contributed by atoms with Gasteiger partial charge in [0.05, 0.1) is 6.54 Å². The van der Waals surface area contributed by atoms with Crippen molar-refractivity contribution in [1.29, 1.82) is 0 Å². The number of rotatable bonds is 3. The molecule has 1 aliphatic heterocycles. The van der Waals surface area contributed by atoms with Crippen LogP contribution in [0.1, 0.15) is 39.0 Å². The van der Waals surface area contributed by atoms with Gasteiger partial charge in [0.2, 0.25) is 5.91 Å². The number of urea groups is 1. The summed E-state index contributed by atoms with van der Waals surface area (Å²) in [5.41, 5.74) is 5.92. The van der Waals surface area contributed by atoms with Gasteiger partial charge in [-0.15, -0.1) is 0 Å². The van der Waals surface area contributed by atoms with Gasteiger partial charge < -0.3 is 11.1 Å². The summed E-state index contributed by atoms with van der Waals surface area (Å²) in [5, 5.41) is 5.29. The molecule has 20 heavy (non-hydrogen) atoms. The Morgan fingerprint density at radius 1 is 1.20 bits per heavy atom. The second kappa shape index (κ2) is 7.04. The molecular weight excluding hydrogens is 256 g/mol. The van der Waals surface area contributed by atoms with Gasteiger partial charge >= 0.3 is 6.03 Å². The molecule has 1 aliphatic carbocycles. The van der Waals surface area contributed by atoms with Crippen LogP contribution in [0.3, 0.4) is 0 Å². The molecule has 0 aromatic rings. The van der Waals surface area contributed by atoms with Crippen molar-refractivity contribution in [3.05, 3.63) is 0 Å². The molecule has 2 unspecified atom stereocenters. The third kappa shape index (κ3) is 4.45. The first-order valence-electron chi connectivity index (χ1n) is 7.63. The molecule has 0 aromatic heterocycles. The highest BCUT2D eigenvalue weighted by atomic mass is 16.2. The smallest absolute Gasteiger partial charge is 0.321 e. The minimum Gasteiger partial charge on any atom is -0.335 e. The number of nitrogens with one attached hydrogen (secondary N) is 2. The van der Waals surface area contributed by atoms with Gasteiger partial charge in [0.15, 0.2) is 0 Å². The summed E-state index contributed by atoms with van der Waals surface area (Å²) < 4.78 is 0. The van der Waals surface area contributed by atoms with Gasteiger partial charge in [-0.1, -0.05) is 26.2 Å². The summed E-state index contributed by atoms with van der Waals surface area (Å²) >= 11 is 0. The van der Waals surface area contributed by atoms with Crippen molar-refractivity contribution < 1.29 is 9.59 Å². The third-order valence-corrected chi connectivity index (χ3v) is 4.31. The standard InChI is InChI=1S/C14H26N4O2/c1-10-7-18(8-12(10)15)9-13(19)17-14(20)16-11-5-3-2-4-6-11/h10-12H,2-9,15H2,1H3,(H2,16,17,19,20). The molecule has 2 aliphatic rings. The largest absolute Gasteiger partial charge is 0.335 e. The molecule has 6 heteroatoms. The van der Waals surface area contributed by atoms with Crippen molar-refractivity contribution in [2.45, 2.75) is 51.1 Å². The van der Waals surface area contributed by atoms with Gasteiger partial charge in [-0.3, -0.25) is 15.0 Å². The Bertz CT molecular complexity index is 345. The highest BCUT2D eigenvalue weighted by molar-refractivity contribution is 5.95. The highest BCUT2D eigenvalue weighted by Crippen LogP contribution is 2.17. The number of imide groups is 1. The molecule has 2 rings (SSSR count). The van der Waals surface area contributed by atoms with E-state index in [0.717, 1.165) is 38.8 Å². The normalized spacial score (nSPS) is 28.3. The van der Waals surface area contributed by atoms with Crippen LogP contribution >= 0.6 is 0 Å². The van der Waals surface area contributed by atoms with Crippen LogP contribution < -0.4 is 16.4 Å². The number of likely N-dealkylation sites (tertiary alicyclic amines) is 1. The van der Waals surface area contributed by atoms with Gasteiger partial charge in [0.25, 0.3) is 0 Å². The molecule has 0 aromatic carbocycles. The molecule has 2 atom stereocenters. The van der Waals surface area contributed by atoms with Crippen LogP contribution in [0.5, 0.6) is 0 Å². The van der Waals surface area contributed by atoms with Crippen LogP contribution in [0.15, 0.2) is 0 Å². The van der Waals surface area contributed by atoms with E-state index in [-0.39, 0.29) is 30.6 Å². The zero-order valence-electron chi connectivity index (χ0n) is 12.2. The molecule has 1 saturated carbocycles. The molecule has 0 bridgehead atoms. The van der Waals surface area contributed by atoms with E-state index in [1.54, 1.807) is 0 Å². The van der Waals surface area contributed by atoms with Crippen molar-refractivity contribution >= 4 is 11.9 Å². The molecule has 3 amide bonds. The van der Waals surface area contributed by atoms with Gasteiger partial charge in [-0.2, -0.15) is 0 Å². The molecule has 0 spiro atoms. The summed E-state index contributed by atoms with van der Waals surface area (Å²) in [6, 6.07) is -0.0194. The lowest BCUT2D eigenvalue weighted by molar-refractivity contribution is -0.120. The van der Waals surface area contributed by atoms with E-state index >= 15 is 0 Å². The van der Waals surface area contributed by atoms with Crippen molar-refractivity contribution in [3.8, 4) is 0 Å². The second-order valence-corrected chi connectivity index (χ2v) is 6.19. The maximum absolute atomic E-state index is 11.8. The van der Waals surface area contributed by atoms with Crippen LogP contribution in [-0.2, 0) is 4.79 Å². The highest BCUT2D eigenvalue weighted by Gasteiger charge is 2.28. The molecule has 1 heterocycles. The SMILES string of the molecule is CC1CN(CC(=O)NC(=O)NC2CCCCC2)CC1N. The number of amides is 3. The molecule has 6 nitrogen and oxygen atoms in total. The lowest BCUT2D eigenvalue weighted by atomic mass is 9.96. The van der Waals surface area contributed by atoms with E-state index in [0.29, 0.717) is 5.92 Å². The van der Waals surface area contributed by atoms with E-state index in [1.165, 1.54) is 6.42 Å². The Labute approximate surface area is 120 Å². The maximum Gasteiger partial charge on any atom is 0.321 e. The third-order valence-electron chi connectivity index (χ3n) is 4.31. The van der Waals surface area contributed by atoms with Crippen LogP contribution in [0.25, 0.3) is 0 Å². The van der Waals surface area contributed by atoms with E-state index in [2.05, 4.69) is 17.6 Å². The summed E-state index contributed by atoms with van der Waals surface area (Å²) in [6.07, 6.45) is 5.58. The van der Waals surface area contributed by atoms with Crippen molar-refractivity contribution in [3.63, 3.8) is 0 Å². The van der Waals surface area contributed by atoms with Crippen molar-refractivity contribution in [1.82, 2.24) is 15.5 Å². The van der Waals surface area contributed by atoms with Crippen LogP contribution in [0.2, 0.25) is 0 Å². The lowest BCUT2D eigenvalue weighted by Crippen LogP contribution is -2.48. The van der Waals surface area contributed by atoms with Crippen molar-refractivity contribution in [2.75, 3.05) is 19.6 Å². The van der Waals surface area contributed by atoms with E-state index in [9.17, 15) is 9.59 Å². The maximum atomic E-state index is 11.8. The van der Waals surface area contributed by atoms with Gasteiger partial charge in [0, 0.05) is 25.2 Å². The number of carbonyl (C=O) groups is 2. The van der Waals surface area contributed by atoms with E-state index in [1.807, 2.05) is 4.90 Å². The zero-order valence-corrected chi connectivity index (χ0v) is 12.2. The molecular formula is C14H26N4O2. The molecule has 114 valence electrons. The number of hydrogen-bond donors (Lipinski definition) is 3. The van der Waals surface area contributed by atoms with E-state index < -0.39 is 0 Å². The Morgan fingerprint density at radius 2 is 1.90 bits per heavy atom. The minimum absolute atomic E-state index is 0.124. The summed E-state index contributed by atoms with van der Waals surface area (Å²) in [7, 11) is 0. The fraction of sp³-hybridized carbons (Fsp3) is 0.857. The monoisotopic (exact) mass is 282 g/mol. The quantitative estimate of drug-likeness (QED) is 0.700. The predicted molar refractivity (Wildman–Crippen MR) is 77.1 cm³/mol. The van der Waals surface area contributed by atoms with E-state index in [4.69, 9.17) is 5.73 Å². The minimum atomic E-state index is -0.363. The topological polar surface area (TPSA) is 87.5 Å². The summed E-state index contributed by atoms with van der Waals surface area (Å²) in [5.74, 6) is 0.151. The Balaban J connectivity index is 1.67. The van der Waals surface area contributed by atoms with Gasteiger partial charge in [-0.25, -0.2) is 4.79 Å². The Hall–Kier alpha value is -1.14. The van der Waals surface area contributed by atoms with Crippen LogP contribution in [0.4, 0.5) is 4.79 Å². The Morgan fingerprint density at radius 3 is 2.50 bits per heavy atom. The molecule has 2 fully saturated rings. The number of nitrogens with two attached hydrogens (primary N) is 1. The number of hydrogen-bond acceptors (Lipinski definition) is 4. The fourth-order valence-electron chi connectivity index (χ4n) is 3.06. The van der Waals surface area contributed by atoms with Gasteiger partial charge in [0.1, 0.15) is 0 Å². The zero-order chi connectivity index (χ0) is 14.5. The first kappa shape index (κ1) is 15.3. The van der Waals surface area contributed by atoms with Crippen LogP contribution in [0, 0.1) is 5.92 Å². The molecule has 4 N–H and O–H groups in total. The first-order chi connectivity index (χ1) is 9.54. The van der Waals surface area contributed by atoms with Crippen molar-refractivity contribution in [2.24, 2.45) is 11.7 Å². The lowest BCUT2D eigenvalue weighted by Gasteiger charge is -2.23. The van der Waals surface area contributed by atoms with Gasteiger partial charge in [-0.05, 0) is 18.8 Å². The average molecular weight is 282 g/mol. The second-order valence-electron chi connectivity index (χ2n) is 6.19. The first-order valence-corrected chi connectivity index (χ1v) is 7.63. The van der Waals surface area contributed by atoms with Crippen LogP contribution in [-0.4, -0.2) is 48.6 Å². The number of carbonyl (C=O) groups excluding carboxylic acids is 2. The Kier molecular flexibility index (Phi) is 5.37. The summed E-state index contributed by atoms with van der Waals surface area (Å²) in [6.45, 7) is 3.87.